The van der Waals surface area contributed by atoms with E-state index in [1.807, 2.05) is 18.2 Å². The van der Waals surface area contributed by atoms with Crippen molar-refractivity contribution in [3.05, 3.63) is 32.7 Å². The maximum Gasteiger partial charge on any atom is 0.315 e. The molecule has 0 saturated carbocycles. The van der Waals surface area contributed by atoms with Gasteiger partial charge in [0.1, 0.15) is 6.42 Å². The molecule has 0 saturated heterocycles. The van der Waals surface area contributed by atoms with Crippen LogP contribution in [0, 0.1) is 11.8 Å². The molecule has 0 unspecified atom stereocenters. The molecule has 0 aliphatic rings. The molecule has 1 N–H and O–H groups in total. The van der Waals surface area contributed by atoms with Crippen molar-refractivity contribution in [3.63, 3.8) is 0 Å². The first kappa shape index (κ1) is 11.3. The van der Waals surface area contributed by atoms with Crippen molar-refractivity contribution in [3.8, 4) is 11.8 Å². The Morgan fingerprint density at radius 2 is 2.14 bits per heavy atom. The Morgan fingerprint density at radius 3 is 2.79 bits per heavy atom. The molecule has 14 heavy (non-hydrogen) atoms. The second kappa shape index (κ2) is 5.18. The van der Waals surface area contributed by atoms with Crippen LogP contribution in [0.4, 0.5) is 0 Å². The number of carboxylic acids is 1. The normalized spacial score (nSPS) is 9.00. The van der Waals surface area contributed by atoms with Crippen molar-refractivity contribution in [2.24, 2.45) is 0 Å². The number of carbonyl (C=O) groups is 1. The highest BCUT2D eigenvalue weighted by Crippen LogP contribution is 2.20. The standard InChI is InChI=1S/C10H6Br2O2/c11-8-4-5-9(12)7(6-8)2-1-3-10(13)14/h4-6H,3H2,(H,13,14). The molecule has 0 heterocycles. The quantitative estimate of drug-likeness (QED) is 0.808. The lowest BCUT2D eigenvalue weighted by molar-refractivity contribution is -0.135. The van der Waals surface area contributed by atoms with Gasteiger partial charge in [0.05, 0.1) is 0 Å². The zero-order valence-electron chi connectivity index (χ0n) is 7.05. The average molecular weight is 318 g/mol. The summed E-state index contributed by atoms with van der Waals surface area (Å²) in [6.07, 6.45) is -0.140. The number of hydrogen-bond donors (Lipinski definition) is 1. The SMILES string of the molecule is O=C(O)CC#Cc1cc(Br)ccc1Br. The molecule has 2 nitrogen and oxygen atoms in total. The monoisotopic (exact) mass is 316 g/mol. The lowest BCUT2D eigenvalue weighted by Crippen LogP contribution is -1.90. The van der Waals surface area contributed by atoms with Crippen LogP contribution in [0.2, 0.25) is 0 Å². The molecule has 0 atom stereocenters. The van der Waals surface area contributed by atoms with E-state index < -0.39 is 5.97 Å². The van der Waals surface area contributed by atoms with Crippen LogP contribution in [-0.2, 0) is 4.79 Å². The van der Waals surface area contributed by atoms with Gasteiger partial charge in [-0.2, -0.15) is 0 Å². The molecule has 1 aromatic carbocycles. The van der Waals surface area contributed by atoms with E-state index in [1.165, 1.54) is 0 Å². The summed E-state index contributed by atoms with van der Waals surface area (Å²) in [4.78, 5) is 10.2. The summed E-state index contributed by atoms with van der Waals surface area (Å²) in [5, 5.41) is 8.39. The lowest BCUT2D eigenvalue weighted by atomic mass is 10.2. The molecule has 0 aliphatic carbocycles. The van der Waals surface area contributed by atoms with Gasteiger partial charge in [-0.25, -0.2) is 0 Å². The Hall–Kier alpha value is -0.790. The Morgan fingerprint density at radius 1 is 1.43 bits per heavy atom. The Bertz CT molecular complexity index is 416. The molecule has 4 heteroatoms. The van der Waals surface area contributed by atoms with Crippen molar-refractivity contribution in [1.29, 1.82) is 0 Å². The van der Waals surface area contributed by atoms with Gasteiger partial charge >= 0.3 is 5.97 Å². The van der Waals surface area contributed by atoms with E-state index >= 15 is 0 Å². The summed E-state index contributed by atoms with van der Waals surface area (Å²) in [5.41, 5.74) is 0.778. The first-order valence-corrected chi connectivity index (χ1v) is 5.34. The number of rotatable bonds is 1. The maximum atomic E-state index is 10.2. The van der Waals surface area contributed by atoms with Crippen LogP contribution in [-0.4, -0.2) is 11.1 Å². The van der Waals surface area contributed by atoms with Crippen LogP contribution in [0.15, 0.2) is 27.1 Å². The van der Waals surface area contributed by atoms with Gasteiger partial charge in [-0.3, -0.25) is 4.79 Å². The number of aliphatic carboxylic acids is 1. The van der Waals surface area contributed by atoms with Crippen LogP contribution in [0.25, 0.3) is 0 Å². The fraction of sp³-hybridized carbons (Fsp3) is 0.100. The highest BCUT2D eigenvalue weighted by atomic mass is 79.9. The second-order valence-corrected chi connectivity index (χ2v) is 4.27. The molecule has 0 spiro atoms. The van der Waals surface area contributed by atoms with Crippen LogP contribution in [0.1, 0.15) is 12.0 Å². The van der Waals surface area contributed by atoms with Crippen molar-refractivity contribution in [2.45, 2.75) is 6.42 Å². The fourth-order valence-corrected chi connectivity index (χ4v) is 1.52. The van der Waals surface area contributed by atoms with E-state index in [9.17, 15) is 4.79 Å². The molecule has 0 amide bonds. The molecule has 0 radical (unpaired) electrons. The van der Waals surface area contributed by atoms with Crippen molar-refractivity contribution < 1.29 is 9.90 Å². The van der Waals surface area contributed by atoms with Gasteiger partial charge in [-0.05, 0) is 34.1 Å². The molecule has 0 aromatic heterocycles. The van der Waals surface area contributed by atoms with Crippen LogP contribution in [0.3, 0.4) is 0 Å². The van der Waals surface area contributed by atoms with Gasteiger partial charge in [0.25, 0.3) is 0 Å². The molecule has 72 valence electrons. The minimum absolute atomic E-state index is 0.140. The van der Waals surface area contributed by atoms with Crippen molar-refractivity contribution >= 4 is 37.8 Å². The molecule has 1 aromatic rings. The van der Waals surface area contributed by atoms with Crippen LogP contribution in [0.5, 0.6) is 0 Å². The van der Waals surface area contributed by atoms with E-state index in [0.717, 1.165) is 14.5 Å². The molecular weight excluding hydrogens is 312 g/mol. The number of benzene rings is 1. The molecule has 0 bridgehead atoms. The van der Waals surface area contributed by atoms with Gasteiger partial charge in [-0.15, -0.1) is 0 Å². The number of hydrogen-bond acceptors (Lipinski definition) is 1. The predicted octanol–water partition coefficient (Wildman–Crippen LogP) is 3.04. The topological polar surface area (TPSA) is 37.3 Å². The zero-order valence-corrected chi connectivity index (χ0v) is 10.2. The van der Waals surface area contributed by atoms with E-state index in [2.05, 4.69) is 43.7 Å². The van der Waals surface area contributed by atoms with Crippen LogP contribution >= 0.6 is 31.9 Å². The summed E-state index contributed by atoms with van der Waals surface area (Å²) in [5.74, 6) is 4.43. The summed E-state index contributed by atoms with van der Waals surface area (Å²) in [7, 11) is 0. The minimum atomic E-state index is -0.913. The molecular formula is C10H6Br2O2. The third-order valence-corrected chi connectivity index (χ3v) is 2.58. The zero-order chi connectivity index (χ0) is 10.6. The summed E-state index contributed by atoms with van der Waals surface area (Å²) < 4.78 is 1.78. The summed E-state index contributed by atoms with van der Waals surface area (Å²) in [6.45, 7) is 0. The third-order valence-electron chi connectivity index (χ3n) is 1.39. The van der Waals surface area contributed by atoms with Gasteiger partial charge in [-0.1, -0.05) is 27.8 Å². The maximum absolute atomic E-state index is 10.2. The fourth-order valence-electron chi connectivity index (χ4n) is 0.808. The van der Waals surface area contributed by atoms with Crippen molar-refractivity contribution in [1.82, 2.24) is 0 Å². The molecule has 1 rings (SSSR count). The lowest BCUT2D eigenvalue weighted by Gasteiger charge is -1.95. The van der Waals surface area contributed by atoms with E-state index in [4.69, 9.17) is 5.11 Å². The Balaban J connectivity index is 2.88. The smallest absolute Gasteiger partial charge is 0.315 e. The molecule has 0 fully saturated rings. The van der Waals surface area contributed by atoms with E-state index in [-0.39, 0.29) is 6.42 Å². The highest BCUT2D eigenvalue weighted by Gasteiger charge is 1.96. The van der Waals surface area contributed by atoms with E-state index in [1.54, 1.807) is 0 Å². The number of halogens is 2. The second-order valence-electron chi connectivity index (χ2n) is 2.50. The van der Waals surface area contributed by atoms with Gasteiger partial charge in [0.2, 0.25) is 0 Å². The largest absolute Gasteiger partial charge is 0.481 e. The van der Waals surface area contributed by atoms with Crippen molar-refractivity contribution in [2.75, 3.05) is 0 Å². The average Bonchev–Trinajstić information content (AvgIpc) is 2.10. The minimum Gasteiger partial charge on any atom is -0.481 e. The summed E-state index contributed by atoms with van der Waals surface area (Å²) in [6, 6.07) is 5.57. The first-order valence-electron chi connectivity index (χ1n) is 3.75. The van der Waals surface area contributed by atoms with Crippen LogP contribution < -0.4 is 0 Å². The first-order chi connectivity index (χ1) is 6.59. The summed E-state index contributed by atoms with van der Waals surface area (Å²) >= 11 is 6.64. The highest BCUT2D eigenvalue weighted by molar-refractivity contribution is 9.11. The Labute approximate surface area is 98.6 Å². The Kier molecular flexibility index (Phi) is 4.18. The van der Waals surface area contributed by atoms with Gasteiger partial charge in [0.15, 0.2) is 0 Å². The number of carboxylic acid groups (broad SMARTS) is 1. The molecule has 0 aliphatic heterocycles. The third kappa shape index (κ3) is 3.52. The van der Waals surface area contributed by atoms with Gasteiger partial charge in [0, 0.05) is 14.5 Å². The van der Waals surface area contributed by atoms with Gasteiger partial charge < -0.3 is 5.11 Å². The predicted molar refractivity (Wildman–Crippen MR) is 61.0 cm³/mol. The van der Waals surface area contributed by atoms with E-state index in [0.29, 0.717) is 0 Å².